The Morgan fingerprint density at radius 2 is 1.66 bits per heavy atom. The van der Waals surface area contributed by atoms with E-state index < -0.39 is 28.5 Å². The summed E-state index contributed by atoms with van der Waals surface area (Å²) < 4.78 is 36.6. The smallest absolute Gasteiger partial charge is 0.338 e. The Kier molecular flexibility index (Phi) is 6.47. The second-order valence-electron chi connectivity index (χ2n) is 6.29. The third-order valence-corrected chi connectivity index (χ3v) is 6.14. The van der Waals surface area contributed by atoms with Crippen molar-refractivity contribution in [3.8, 4) is 0 Å². The number of ether oxygens (including phenoxy) is 2. The van der Waals surface area contributed by atoms with Crippen molar-refractivity contribution < 1.29 is 27.5 Å². The van der Waals surface area contributed by atoms with Gasteiger partial charge < -0.3 is 20.5 Å². The molecule has 1 amide bonds. The number of amides is 1. The molecule has 0 aliphatic carbocycles. The van der Waals surface area contributed by atoms with E-state index in [1.165, 1.54) is 40.7 Å². The Bertz CT molecular complexity index is 968. The number of carbonyl (C=O) groups is 2. The highest BCUT2D eigenvalue weighted by molar-refractivity contribution is 7.89. The molecule has 3 N–H and O–H groups in total. The highest BCUT2D eigenvalue weighted by Crippen LogP contribution is 2.19. The van der Waals surface area contributed by atoms with Crippen molar-refractivity contribution in [3.05, 3.63) is 54.1 Å². The third-order valence-electron chi connectivity index (χ3n) is 4.23. The highest BCUT2D eigenvalue weighted by Gasteiger charge is 2.26. The van der Waals surface area contributed by atoms with E-state index in [9.17, 15) is 18.0 Å². The number of hydrogen-bond donors (Lipinski definition) is 2. The molecule has 1 saturated heterocycles. The normalized spacial score (nSPS) is 14.9. The SMILES string of the molecule is Nc1ccc(C(=O)OCC(=O)Nc2ccc(S(=O)(=O)N3CCOCC3)cc2)cc1. The summed E-state index contributed by atoms with van der Waals surface area (Å²) in [5.41, 5.74) is 6.74. The maximum Gasteiger partial charge on any atom is 0.338 e. The number of anilines is 2. The van der Waals surface area contributed by atoms with Crippen molar-refractivity contribution in [3.63, 3.8) is 0 Å². The predicted molar refractivity (Wildman–Crippen MR) is 106 cm³/mol. The zero-order valence-electron chi connectivity index (χ0n) is 15.5. The average molecular weight is 419 g/mol. The van der Waals surface area contributed by atoms with Crippen molar-refractivity contribution in [2.45, 2.75) is 4.90 Å². The Morgan fingerprint density at radius 3 is 2.28 bits per heavy atom. The van der Waals surface area contributed by atoms with Gasteiger partial charge in [0.05, 0.1) is 23.7 Å². The summed E-state index contributed by atoms with van der Waals surface area (Å²) >= 11 is 0. The third kappa shape index (κ3) is 5.31. The van der Waals surface area contributed by atoms with E-state index in [2.05, 4.69) is 5.32 Å². The van der Waals surface area contributed by atoms with Crippen LogP contribution >= 0.6 is 0 Å². The van der Waals surface area contributed by atoms with E-state index >= 15 is 0 Å². The fraction of sp³-hybridized carbons (Fsp3) is 0.263. The summed E-state index contributed by atoms with van der Waals surface area (Å²) in [7, 11) is -3.60. The largest absolute Gasteiger partial charge is 0.452 e. The maximum atomic E-state index is 12.6. The summed E-state index contributed by atoms with van der Waals surface area (Å²) in [6.45, 7) is 0.863. The number of benzene rings is 2. The van der Waals surface area contributed by atoms with Gasteiger partial charge in [-0.05, 0) is 48.5 Å². The summed E-state index contributed by atoms with van der Waals surface area (Å²) in [5.74, 6) is -1.19. The average Bonchev–Trinajstić information content (AvgIpc) is 2.73. The number of nitrogens with zero attached hydrogens (tertiary/aromatic N) is 1. The topological polar surface area (TPSA) is 128 Å². The van der Waals surface area contributed by atoms with Gasteiger partial charge in [0.2, 0.25) is 10.0 Å². The summed E-state index contributed by atoms with van der Waals surface area (Å²) in [5, 5.41) is 2.55. The number of morpholine rings is 1. The fourth-order valence-electron chi connectivity index (χ4n) is 2.68. The van der Waals surface area contributed by atoms with Crippen LogP contribution in [0.4, 0.5) is 11.4 Å². The molecular formula is C19H21N3O6S. The molecule has 9 nitrogen and oxygen atoms in total. The van der Waals surface area contributed by atoms with Crippen LogP contribution in [-0.4, -0.2) is 57.5 Å². The Hall–Kier alpha value is -2.95. The number of rotatable bonds is 6. The lowest BCUT2D eigenvalue weighted by molar-refractivity contribution is -0.119. The Labute approximate surface area is 168 Å². The van der Waals surface area contributed by atoms with Gasteiger partial charge in [-0.25, -0.2) is 13.2 Å². The van der Waals surface area contributed by atoms with Crippen LogP contribution in [-0.2, 0) is 24.3 Å². The van der Waals surface area contributed by atoms with Crippen molar-refractivity contribution >= 4 is 33.3 Å². The van der Waals surface area contributed by atoms with Crippen molar-refractivity contribution in [2.75, 3.05) is 44.0 Å². The van der Waals surface area contributed by atoms with Gasteiger partial charge in [-0.3, -0.25) is 4.79 Å². The molecule has 154 valence electrons. The monoisotopic (exact) mass is 419 g/mol. The van der Waals surface area contributed by atoms with Gasteiger partial charge in [0.1, 0.15) is 0 Å². The first kappa shape index (κ1) is 20.8. The predicted octanol–water partition coefficient (Wildman–Crippen LogP) is 1.09. The maximum absolute atomic E-state index is 12.6. The molecular weight excluding hydrogens is 398 g/mol. The number of carbonyl (C=O) groups excluding carboxylic acids is 2. The highest BCUT2D eigenvalue weighted by atomic mass is 32.2. The van der Waals surface area contributed by atoms with Crippen LogP contribution < -0.4 is 11.1 Å². The summed E-state index contributed by atoms with van der Waals surface area (Å²) in [6, 6.07) is 11.9. The molecule has 1 fully saturated rings. The number of esters is 1. The molecule has 1 heterocycles. The number of nitrogen functional groups attached to an aromatic ring is 1. The number of nitrogens with one attached hydrogen (secondary N) is 1. The first-order valence-electron chi connectivity index (χ1n) is 8.87. The van der Waals surface area contributed by atoms with Crippen LogP contribution in [0, 0.1) is 0 Å². The van der Waals surface area contributed by atoms with E-state index in [1.807, 2.05) is 0 Å². The second-order valence-corrected chi connectivity index (χ2v) is 8.23. The molecule has 0 spiro atoms. The van der Waals surface area contributed by atoms with E-state index in [1.54, 1.807) is 12.1 Å². The molecule has 2 aromatic rings. The standard InChI is InChI=1S/C19H21N3O6S/c20-15-3-1-14(2-4-15)19(24)28-13-18(23)21-16-5-7-17(8-6-16)29(25,26)22-9-11-27-12-10-22/h1-8H,9-13,20H2,(H,21,23). The second kappa shape index (κ2) is 9.03. The van der Waals surface area contributed by atoms with E-state index in [-0.39, 0.29) is 10.5 Å². The molecule has 0 bridgehead atoms. The van der Waals surface area contributed by atoms with Crippen LogP contribution in [0.15, 0.2) is 53.4 Å². The minimum atomic E-state index is -3.60. The zero-order chi connectivity index (χ0) is 20.9. The van der Waals surface area contributed by atoms with E-state index in [4.69, 9.17) is 15.2 Å². The summed E-state index contributed by atoms with van der Waals surface area (Å²) in [6.07, 6.45) is 0. The molecule has 0 unspecified atom stereocenters. The number of sulfonamides is 1. The lowest BCUT2D eigenvalue weighted by Gasteiger charge is -2.26. The molecule has 1 aliphatic heterocycles. The van der Waals surface area contributed by atoms with Crippen LogP contribution in [0.25, 0.3) is 0 Å². The van der Waals surface area contributed by atoms with Crippen molar-refractivity contribution in [2.24, 2.45) is 0 Å². The molecule has 29 heavy (non-hydrogen) atoms. The number of hydrogen-bond acceptors (Lipinski definition) is 7. The van der Waals surface area contributed by atoms with Gasteiger partial charge in [-0.15, -0.1) is 0 Å². The van der Waals surface area contributed by atoms with Gasteiger partial charge in [-0.2, -0.15) is 4.31 Å². The molecule has 0 saturated carbocycles. The molecule has 0 aromatic heterocycles. The minimum absolute atomic E-state index is 0.132. The van der Waals surface area contributed by atoms with Crippen LogP contribution in [0.5, 0.6) is 0 Å². The van der Waals surface area contributed by atoms with Crippen LogP contribution in [0.2, 0.25) is 0 Å². The quantitative estimate of drug-likeness (QED) is 0.530. The van der Waals surface area contributed by atoms with Crippen molar-refractivity contribution in [1.29, 1.82) is 0 Å². The van der Waals surface area contributed by atoms with Gasteiger partial charge in [0, 0.05) is 24.5 Å². The Morgan fingerprint density at radius 1 is 1.03 bits per heavy atom. The lowest BCUT2D eigenvalue weighted by Crippen LogP contribution is -2.40. The zero-order valence-corrected chi connectivity index (χ0v) is 16.4. The minimum Gasteiger partial charge on any atom is -0.452 e. The first-order chi connectivity index (χ1) is 13.9. The van der Waals surface area contributed by atoms with E-state index in [0.717, 1.165) is 0 Å². The molecule has 0 atom stereocenters. The van der Waals surface area contributed by atoms with Gasteiger partial charge in [0.25, 0.3) is 5.91 Å². The Balaban J connectivity index is 1.54. The van der Waals surface area contributed by atoms with Gasteiger partial charge >= 0.3 is 5.97 Å². The van der Waals surface area contributed by atoms with Gasteiger partial charge in [-0.1, -0.05) is 0 Å². The molecule has 2 aromatic carbocycles. The number of nitrogens with two attached hydrogens (primary N) is 1. The van der Waals surface area contributed by atoms with Gasteiger partial charge in [0.15, 0.2) is 6.61 Å². The summed E-state index contributed by atoms with van der Waals surface area (Å²) in [4.78, 5) is 24.0. The molecule has 10 heteroatoms. The van der Waals surface area contributed by atoms with Crippen LogP contribution in [0.1, 0.15) is 10.4 Å². The fourth-order valence-corrected chi connectivity index (χ4v) is 4.08. The van der Waals surface area contributed by atoms with Crippen molar-refractivity contribution in [1.82, 2.24) is 4.31 Å². The lowest BCUT2D eigenvalue weighted by atomic mass is 10.2. The molecule has 3 rings (SSSR count). The molecule has 1 aliphatic rings. The molecule has 0 radical (unpaired) electrons. The van der Waals surface area contributed by atoms with E-state index in [0.29, 0.717) is 37.7 Å². The van der Waals surface area contributed by atoms with Crippen LogP contribution in [0.3, 0.4) is 0 Å². The first-order valence-corrected chi connectivity index (χ1v) is 10.3.